The fourth-order valence-corrected chi connectivity index (χ4v) is 1.02. The Morgan fingerprint density at radius 3 is 2.07 bits per heavy atom. The van der Waals surface area contributed by atoms with Crippen molar-refractivity contribution in [1.29, 1.82) is 0 Å². The monoisotopic (exact) mass is 201 g/mol. The van der Waals surface area contributed by atoms with E-state index < -0.39 is 0 Å². The standard InChI is InChI=1S/C11H24N2O/c1-11(2,3)10(14)12-8-7-9-13(4,5)6/h7-9H2,1-6H3/p+1. The number of amides is 1. The predicted octanol–water partition coefficient (Wildman–Crippen LogP) is 1.24. The number of carbonyl (C=O) groups is 1. The van der Waals surface area contributed by atoms with Crippen LogP contribution in [0.25, 0.3) is 0 Å². The average molecular weight is 201 g/mol. The summed E-state index contributed by atoms with van der Waals surface area (Å²) in [6.07, 6.45) is 1.03. The first-order valence-corrected chi connectivity index (χ1v) is 5.22. The van der Waals surface area contributed by atoms with Crippen molar-refractivity contribution in [3.63, 3.8) is 0 Å². The van der Waals surface area contributed by atoms with Gasteiger partial charge in [0.1, 0.15) is 0 Å². The topological polar surface area (TPSA) is 29.1 Å². The smallest absolute Gasteiger partial charge is 0.225 e. The number of quaternary nitrogens is 1. The summed E-state index contributed by atoms with van der Waals surface area (Å²) in [7, 11) is 6.47. The molecule has 0 aromatic heterocycles. The van der Waals surface area contributed by atoms with Crippen LogP contribution in [0.5, 0.6) is 0 Å². The van der Waals surface area contributed by atoms with Crippen molar-refractivity contribution >= 4 is 5.91 Å². The van der Waals surface area contributed by atoms with Crippen LogP contribution in [0.2, 0.25) is 0 Å². The van der Waals surface area contributed by atoms with Crippen LogP contribution in [0, 0.1) is 5.41 Å². The van der Waals surface area contributed by atoms with Gasteiger partial charge < -0.3 is 9.80 Å². The zero-order valence-electron chi connectivity index (χ0n) is 10.5. The quantitative estimate of drug-likeness (QED) is 0.538. The second kappa shape index (κ2) is 4.78. The summed E-state index contributed by atoms with van der Waals surface area (Å²) in [6.45, 7) is 7.67. The first kappa shape index (κ1) is 13.4. The molecule has 0 fully saturated rings. The van der Waals surface area contributed by atoms with Crippen molar-refractivity contribution in [2.45, 2.75) is 27.2 Å². The Morgan fingerprint density at radius 1 is 1.21 bits per heavy atom. The molecule has 0 saturated carbocycles. The van der Waals surface area contributed by atoms with E-state index in [0.717, 1.165) is 24.0 Å². The molecule has 3 heteroatoms. The largest absolute Gasteiger partial charge is 0.355 e. The number of carbonyl (C=O) groups excluding carboxylic acids is 1. The zero-order chi connectivity index (χ0) is 11.4. The highest BCUT2D eigenvalue weighted by Gasteiger charge is 2.20. The molecule has 0 radical (unpaired) electrons. The molecule has 0 rings (SSSR count). The van der Waals surface area contributed by atoms with Crippen LogP contribution in [0.4, 0.5) is 0 Å². The molecular formula is C11H25N2O+. The van der Waals surface area contributed by atoms with Gasteiger partial charge in [0.2, 0.25) is 5.91 Å². The van der Waals surface area contributed by atoms with E-state index in [1.54, 1.807) is 0 Å². The van der Waals surface area contributed by atoms with Crippen molar-refractivity contribution in [3.8, 4) is 0 Å². The van der Waals surface area contributed by atoms with Crippen molar-refractivity contribution in [2.24, 2.45) is 5.41 Å². The van der Waals surface area contributed by atoms with Crippen LogP contribution >= 0.6 is 0 Å². The van der Waals surface area contributed by atoms with E-state index in [0.29, 0.717) is 0 Å². The minimum Gasteiger partial charge on any atom is -0.355 e. The van der Waals surface area contributed by atoms with Gasteiger partial charge in [0, 0.05) is 18.4 Å². The summed E-state index contributed by atoms with van der Waals surface area (Å²) in [6, 6.07) is 0. The van der Waals surface area contributed by atoms with Crippen LogP contribution in [0.1, 0.15) is 27.2 Å². The maximum absolute atomic E-state index is 11.5. The molecule has 0 heterocycles. The lowest BCUT2D eigenvalue weighted by molar-refractivity contribution is -0.870. The second-order valence-electron chi connectivity index (χ2n) is 5.87. The molecule has 0 unspecified atom stereocenters. The summed E-state index contributed by atoms with van der Waals surface area (Å²) < 4.78 is 0.950. The molecule has 0 atom stereocenters. The summed E-state index contributed by atoms with van der Waals surface area (Å²) in [5, 5.41) is 2.95. The van der Waals surface area contributed by atoms with Crippen LogP contribution < -0.4 is 5.32 Å². The third-order valence-electron chi connectivity index (χ3n) is 1.97. The molecule has 0 saturated heterocycles. The number of hydrogen-bond donors (Lipinski definition) is 1. The maximum atomic E-state index is 11.5. The van der Waals surface area contributed by atoms with Crippen LogP contribution in [0.3, 0.4) is 0 Å². The Labute approximate surface area is 88.1 Å². The Hall–Kier alpha value is -0.570. The summed E-state index contributed by atoms with van der Waals surface area (Å²) in [5.41, 5.74) is -0.267. The minimum absolute atomic E-state index is 0.138. The van der Waals surface area contributed by atoms with Gasteiger partial charge in [-0.05, 0) is 0 Å². The second-order valence-corrected chi connectivity index (χ2v) is 5.87. The maximum Gasteiger partial charge on any atom is 0.225 e. The number of nitrogens with one attached hydrogen (secondary N) is 1. The molecule has 0 bridgehead atoms. The Balaban J connectivity index is 3.62. The van der Waals surface area contributed by atoms with Gasteiger partial charge in [0.05, 0.1) is 27.7 Å². The van der Waals surface area contributed by atoms with E-state index in [4.69, 9.17) is 0 Å². The van der Waals surface area contributed by atoms with Gasteiger partial charge in [-0.2, -0.15) is 0 Å². The van der Waals surface area contributed by atoms with Gasteiger partial charge in [-0.3, -0.25) is 4.79 Å². The molecule has 0 aliphatic rings. The Bertz CT molecular complexity index is 186. The van der Waals surface area contributed by atoms with Crippen LogP contribution in [0.15, 0.2) is 0 Å². The molecule has 14 heavy (non-hydrogen) atoms. The van der Waals surface area contributed by atoms with Crippen molar-refractivity contribution in [1.82, 2.24) is 5.32 Å². The van der Waals surface area contributed by atoms with E-state index in [1.165, 1.54) is 0 Å². The zero-order valence-corrected chi connectivity index (χ0v) is 10.5. The number of rotatable bonds is 4. The highest BCUT2D eigenvalue weighted by atomic mass is 16.2. The fourth-order valence-electron chi connectivity index (χ4n) is 1.02. The molecule has 3 nitrogen and oxygen atoms in total. The van der Waals surface area contributed by atoms with Gasteiger partial charge in [-0.1, -0.05) is 20.8 Å². The van der Waals surface area contributed by atoms with Gasteiger partial charge in [0.15, 0.2) is 0 Å². The molecule has 1 amide bonds. The number of nitrogens with zero attached hydrogens (tertiary/aromatic N) is 1. The minimum atomic E-state index is -0.267. The lowest BCUT2D eigenvalue weighted by atomic mass is 9.96. The van der Waals surface area contributed by atoms with Crippen molar-refractivity contribution < 1.29 is 9.28 Å². The Kier molecular flexibility index (Phi) is 4.59. The first-order valence-electron chi connectivity index (χ1n) is 5.22. The summed E-state index contributed by atoms with van der Waals surface area (Å²) in [4.78, 5) is 11.5. The van der Waals surface area contributed by atoms with Gasteiger partial charge in [0.25, 0.3) is 0 Å². The summed E-state index contributed by atoms with van der Waals surface area (Å²) >= 11 is 0. The molecular weight excluding hydrogens is 176 g/mol. The average Bonchev–Trinajstić information content (AvgIpc) is 1.93. The van der Waals surface area contributed by atoms with Crippen molar-refractivity contribution in [3.05, 3.63) is 0 Å². The van der Waals surface area contributed by atoms with E-state index in [2.05, 4.69) is 26.5 Å². The molecule has 0 aliphatic heterocycles. The molecule has 84 valence electrons. The molecule has 1 N–H and O–H groups in total. The molecule has 0 spiro atoms. The van der Waals surface area contributed by atoms with Crippen molar-refractivity contribution in [2.75, 3.05) is 34.2 Å². The normalized spacial score (nSPS) is 12.7. The van der Waals surface area contributed by atoms with Crippen LogP contribution in [-0.2, 0) is 4.79 Å². The highest BCUT2D eigenvalue weighted by Crippen LogP contribution is 2.12. The van der Waals surface area contributed by atoms with Gasteiger partial charge >= 0.3 is 0 Å². The van der Waals surface area contributed by atoms with E-state index in [9.17, 15) is 4.79 Å². The SMILES string of the molecule is CC(C)(C)C(=O)NCCC[N+](C)(C)C. The van der Waals surface area contributed by atoms with Crippen LogP contribution in [-0.4, -0.2) is 44.6 Å². The summed E-state index contributed by atoms with van der Waals surface area (Å²) in [5.74, 6) is 0.138. The van der Waals surface area contributed by atoms with E-state index in [1.807, 2.05) is 20.8 Å². The lowest BCUT2D eigenvalue weighted by Gasteiger charge is -2.24. The third kappa shape index (κ3) is 6.89. The van der Waals surface area contributed by atoms with E-state index in [-0.39, 0.29) is 11.3 Å². The molecule has 0 aromatic carbocycles. The predicted molar refractivity (Wildman–Crippen MR) is 60.0 cm³/mol. The highest BCUT2D eigenvalue weighted by molar-refractivity contribution is 5.81. The first-order chi connectivity index (χ1) is 6.13. The van der Waals surface area contributed by atoms with Gasteiger partial charge in [-0.25, -0.2) is 0 Å². The molecule has 0 aliphatic carbocycles. The number of hydrogen-bond acceptors (Lipinski definition) is 1. The Morgan fingerprint density at radius 2 is 1.71 bits per heavy atom. The fraction of sp³-hybridized carbons (Fsp3) is 0.909. The van der Waals surface area contributed by atoms with Gasteiger partial charge in [-0.15, -0.1) is 0 Å². The van der Waals surface area contributed by atoms with E-state index >= 15 is 0 Å². The lowest BCUT2D eigenvalue weighted by Crippen LogP contribution is -2.39. The third-order valence-corrected chi connectivity index (χ3v) is 1.97. The molecule has 0 aromatic rings.